The second-order valence-electron chi connectivity index (χ2n) is 4.49. The predicted octanol–water partition coefficient (Wildman–Crippen LogP) is -1.02. The van der Waals surface area contributed by atoms with Crippen molar-refractivity contribution < 1.29 is 16.8 Å². The molecule has 1 heterocycles. The maximum atomic E-state index is 11.8. The highest BCUT2D eigenvalue weighted by molar-refractivity contribution is 7.90. The summed E-state index contributed by atoms with van der Waals surface area (Å²) in [5.41, 5.74) is 0. The van der Waals surface area contributed by atoms with Crippen molar-refractivity contribution in [3.63, 3.8) is 0 Å². The van der Waals surface area contributed by atoms with E-state index in [1.54, 1.807) is 13.8 Å². The van der Waals surface area contributed by atoms with Gasteiger partial charge in [0, 0.05) is 19.1 Å². The quantitative estimate of drug-likeness (QED) is 0.689. The first-order valence-corrected chi connectivity index (χ1v) is 8.47. The number of hydrogen-bond donors (Lipinski definition) is 2. The standard InChI is InChI=1S/C8H19N3O4S2/c1-7(2)10-17(14,15)11-5-3-4-8(6-11)16(9,12)13/h7-8,10H,3-6H2,1-2H3,(H2,9,12,13). The normalized spacial score (nSPS) is 24.1. The van der Waals surface area contributed by atoms with E-state index in [9.17, 15) is 16.8 Å². The topological polar surface area (TPSA) is 110 Å². The minimum absolute atomic E-state index is 0.0686. The summed E-state index contributed by atoms with van der Waals surface area (Å²) in [5.74, 6) is 0. The molecule has 0 aromatic carbocycles. The number of nitrogens with zero attached hydrogens (tertiary/aromatic N) is 1. The number of nitrogens with one attached hydrogen (secondary N) is 1. The van der Waals surface area contributed by atoms with Gasteiger partial charge in [-0.2, -0.15) is 17.4 Å². The minimum atomic E-state index is -3.68. The van der Waals surface area contributed by atoms with Gasteiger partial charge in [-0.1, -0.05) is 0 Å². The van der Waals surface area contributed by atoms with E-state index in [4.69, 9.17) is 5.14 Å². The van der Waals surface area contributed by atoms with Gasteiger partial charge in [0.05, 0.1) is 5.25 Å². The van der Waals surface area contributed by atoms with Crippen LogP contribution in [0.1, 0.15) is 26.7 Å². The van der Waals surface area contributed by atoms with Crippen LogP contribution in [0.4, 0.5) is 0 Å². The molecule has 7 nitrogen and oxygen atoms in total. The van der Waals surface area contributed by atoms with Crippen molar-refractivity contribution in [3.8, 4) is 0 Å². The fraction of sp³-hybridized carbons (Fsp3) is 1.00. The van der Waals surface area contributed by atoms with Gasteiger partial charge in [0.15, 0.2) is 0 Å². The molecule has 9 heteroatoms. The Hall–Kier alpha value is -0.220. The highest BCUT2D eigenvalue weighted by atomic mass is 32.2. The van der Waals surface area contributed by atoms with Crippen LogP contribution in [0.3, 0.4) is 0 Å². The summed E-state index contributed by atoms with van der Waals surface area (Å²) in [6.45, 7) is 3.67. The molecule has 102 valence electrons. The summed E-state index contributed by atoms with van der Waals surface area (Å²) in [6.07, 6.45) is 0.909. The van der Waals surface area contributed by atoms with E-state index in [1.165, 1.54) is 0 Å². The van der Waals surface area contributed by atoms with Crippen LogP contribution < -0.4 is 9.86 Å². The van der Waals surface area contributed by atoms with Crippen LogP contribution in [-0.2, 0) is 20.2 Å². The number of rotatable bonds is 4. The Balaban J connectivity index is 2.80. The highest BCUT2D eigenvalue weighted by Crippen LogP contribution is 2.17. The monoisotopic (exact) mass is 285 g/mol. The summed E-state index contributed by atoms with van der Waals surface area (Å²) < 4.78 is 49.7. The second-order valence-corrected chi connectivity index (χ2v) is 8.04. The van der Waals surface area contributed by atoms with Gasteiger partial charge in [-0.05, 0) is 26.7 Å². The van der Waals surface area contributed by atoms with E-state index >= 15 is 0 Å². The Morgan fingerprint density at radius 2 is 1.88 bits per heavy atom. The van der Waals surface area contributed by atoms with Crippen LogP contribution in [0.2, 0.25) is 0 Å². The zero-order valence-electron chi connectivity index (χ0n) is 9.96. The van der Waals surface area contributed by atoms with Crippen LogP contribution >= 0.6 is 0 Å². The lowest BCUT2D eigenvalue weighted by molar-refractivity contribution is 0.339. The molecular formula is C8H19N3O4S2. The van der Waals surface area contributed by atoms with Gasteiger partial charge < -0.3 is 0 Å². The van der Waals surface area contributed by atoms with E-state index in [2.05, 4.69) is 4.72 Å². The van der Waals surface area contributed by atoms with Crippen molar-refractivity contribution in [2.45, 2.75) is 38.0 Å². The number of nitrogens with two attached hydrogens (primary N) is 1. The summed E-state index contributed by atoms with van der Waals surface area (Å²) in [7, 11) is -7.29. The molecule has 1 aliphatic rings. The molecule has 0 spiro atoms. The molecular weight excluding hydrogens is 266 g/mol. The maximum Gasteiger partial charge on any atom is 0.279 e. The molecule has 1 aliphatic heterocycles. The van der Waals surface area contributed by atoms with Crippen LogP contribution in [0.25, 0.3) is 0 Å². The van der Waals surface area contributed by atoms with Crippen molar-refractivity contribution in [2.24, 2.45) is 5.14 Å². The molecule has 0 aromatic rings. The third kappa shape index (κ3) is 4.18. The molecule has 0 aliphatic carbocycles. The fourth-order valence-electron chi connectivity index (χ4n) is 1.76. The molecule has 3 N–H and O–H groups in total. The van der Waals surface area contributed by atoms with Crippen molar-refractivity contribution >= 4 is 20.2 Å². The van der Waals surface area contributed by atoms with Gasteiger partial charge in [0.2, 0.25) is 10.0 Å². The van der Waals surface area contributed by atoms with Crippen LogP contribution in [-0.4, -0.2) is 45.5 Å². The first-order chi connectivity index (χ1) is 7.63. The molecule has 1 rings (SSSR count). The van der Waals surface area contributed by atoms with Crippen LogP contribution in [0.5, 0.6) is 0 Å². The van der Waals surface area contributed by atoms with Crippen molar-refractivity contribution in [1.82, 2.24) is 9.03 Å². The minimum Gasteiger partial charge on any atom is -0.228 e. The molecule has 0 saturated carbocycles. The molecule has 0 radical (unpaired) electrons. The average molecular weight is 285 g/mol. The van der Waals surface area contributed by atoms with Gasteiger partial charge >= 0.3 is 0 Å². The summed E-state index contributed by atoms with van der Waals surface area (Å²) in [5, 5.41) is 4.24. The Morgan fingerprint density at radius 3 is 2.35 bits per heavy atom. The van der Waals surface area contributed by atoms with E-state index in [0.29, 0.717) is 19.4 Å². The smallest absolute Gasteiger partial charge is 0.228 e. The van der Waals surface area contributed by atoms with Crippen molar-refractivity contribution in [2.75, 3.05) is 13.1 Å². The molecule has 0 bridgehead atoms. The third-order valence-electron chi connectivity index (χ3n) is 2.53. The summed E-state index contributed by atoms with van der Waals surface area (Å²) in [4.78, 5) is 0. The first kappa shape index (κ1) is 14.8. The molecule has 0 aromatic heterocycles. The predicted molar refractivity (Wildman–Crippen MR) is 64.9 cm³/mol. The van der Waals surface area contributed by atoms with E-state index in [0.717, 1.165) is 4.31 Å². The second kappa shape index (κ2) is 5.19. The molecule has 0 amide bonds. The maximum absolute atomic E-state index is 11.8. The third-order valence-corrected chi connectivity index (χ3v) is 5.62. The molecule has 1 saturated heterocycles. The van der Waals surface area contributed by atoms with E-state index < -0.39 is 25.5 Å². The number of sulfonamides is 1. The molecule has 1 fully saturated rings. The van der Waals surface area contributed by atoms with E-state index in [1.807, 2.05) is 0 Å². The summed E-state index contributed by atoms with van der Waals surface area (Å²) in [6, 6.07) is -0.227. The Kier molecular flexibility index (Phi) is 4.53. The lowest BCUT2D eigenvalue weighted by Gasteiger charge is -2.31. The highest BCUT2D eigenvalue weighted by Gasteiger charge is 2.34. The van der Waals surface area contributed by atoms with Gasteiger partial charge in [0.25, 0.3) is 10.2 Å². The zero-order chi connectivity index (χ0) is 13.3. The molecule has 1 atom stereocenters. The van der Waals surface area contributed by atoms with Crippen LogP contribution in [0, 0.1) is 0 Å². The Labute approximate surface area is 103 Å². The lowest BCUT2D eigenvalue weighted by Crippen LogP contribution is -2.51. The largest absolute Gasteiger partial charge is 0.279 e. The van der Waals surface area contributed by atoms with Gasteiger partial charge in [-0.3, -0.25) is 0 Å². The number of hydrogen-bond acceptors (Lipinski definition) is 4. The SMILES string of the molecule is CC(C)NS(=O)(=O)N1CCCC(S(N)(=O)=O)C1. The van der Waals surface area contributed by atoms with Crippen molar-refractivity contribution in [1.29, 1.82) is 0 Å². The number of piperidine rings is 1. The lowest BCUT2D eigenvalue weighted by atomic mass is 10.2. The average Bonchev–Trinajstić information content (AvgIpc) is 2.14. The van der Waals surface area contributed by atoms with Gasteiger partial charge in [-0.25, -0.2) is 13.6 Å². The fourth-order valence-corrected chi connectivity index (χ4v) is 4.23. The van der Waals surface area contributed by atoms with Crippen molar-refractivity contribution in [3.05, 3.63) is 0 Å². The Bertz CT molecular complexity index is 457. The zero-order valence-corrected chi connectivity index (χ0v) is 11.6. The van der Waals surface area contributed by atoms with Crippen LogP contribution in [0.15, 0.2) is 0 Å². The molecule has 1 unspecified atom stereocenters. The molecule has 17 heavy (non-hydrogen) atoms. The summed E-state index contributed by atoms with van der Waals surface area (Å²) >= 11 is 0. The van der Waals surface area contributed by atoms with Gasteiger partial charge in [-0.15, -0.1) is 0 Å². The van der Waals surface area contributed by atoms with E-state index in [-0.39, 0.29) is 12.6 Å². The first-order valence-electron chi connectivity index (χ1n) is 5.42. The van der Waals surface area contributed by atoms with Gasteiger partial charge in [0.1, 0.15) is 0 Å². The number of primary sulfonamides is 1. The Morgan fingerprint density at radius 1 is 1.29 bits per heavy atom.